The molecule has 2 aromatic rings. The van der Waals surface area contributed by atoms with Crippen molar-refractivity contribution in [3.63, 3.8) is 0 Å². The quantitative estimate of drug-likeness (QED) is 0.787. The Bertz CT molecular complexity index is 526. The lowest BCUT2D eigenvalue weighted by Crippen LogP contribution is -1.96. The Balaban J connectivity index is 2.78. The maximum atomic E-state index is 10.8. The fourth-order valence-corrected chi connectivity index (χ4v) is 1.41. The van der Waals surface area contributed by atoms with Gasteiger partial charge in [-0.25, -0.2) is 4.79 Å². The summed E-state index contributed by atoms with van der Waals surface area (Å²) >= 11 is 0. The van der Waals surface area contributed by atoms with Gasteiger partial charge in [0, 0.05) is 6.07 Å². The number of aromatic hydroxyl groups is 1. The molecular formula is C10H8O5. The molecule has 0 spiro atoms. The van der Waals surface area contributed by atoms with Gasteiger partial charge in [-0.1, -0.05) is 0 Å². The van der Waals surface area contributed by atoms with Crippen LogP contribution in [0.15, 0.2) is 22.6 Å². The number of furan rings is 1. The molecule has 1 heterocycles. The normalized spacial score (nSPS) is 10.5. The molecule has 5 nitrogen and oxygen atoms in total. The average Bonchev–Trinajstić information content (AvgIpc) is 2.55. The van der Waals surface area contributed by atoms with Gasteiger partial charge in [0.05, 0.1) is 12.5 Å². The van der Waals surface area contributed by atoms with Crippen molar-refractivity contribution < 1.29 is 24.2 Å². The maximum absolute atomic E-state index is 10.8. The molecule has 0 aliphatic carbocycles. The van der Waals surface area contributed by atoms with Crippen LogP contribution in [0.25, 0.3) is 11.0 Å². The van der Waals surface area contributed by atoms with E-state index in [4.69, 9.17) is 14.3 Å². The molecule has 1 aromatic heterocycles. The number of carboxylic acid groups (broad SMARTS) is 1. The molecule has 1 aromatic carbocycles. The third-order valence-corrected chi connectivity index (χ3v) is 2.03. The molecule has 0 radical (unpaired) electrons. The van der Waals surface area contributed by atoms with Gasteiger partial charge in [-0.15, -0.1) is 0 Å². The van der Waals surface area contributed by atoms with Crippen molar-refractivity contribution in [2.45, 2.75) is 0 Å². The van der Waals surface area contributed by atoms with Crippen molar-refractivity contribution in [3.8, 4) is 11.5 Å². The molecule has 0 bridgehead atoms. The van der Waals surface area contributed by atoms with E-state index in [-0.39, 0.29) is 22.8 Å². The van der Waals surface area contributed by atoms with Gasteiger partial charge in [-0.3, -0.25) is 0 Å². The molecule has 2 N–H and O–H groups in total. The molecule has 5 heteroatoms. The summed E-state index contributed by atoms with van der Waals surface area (Å²) in [7, 11) is 1.36. The van der Waals surface area contributed by atoms with Crippen molar-refractivity contribution in [1.82, 2.24) is 0 Å². The van der Waals surface area contributed by atoms with Gasteiger partial charge in [0.25, 0.3) is 5.76 Å². The maximum Gasteiger partial charge on any atom is 0.375 e. The Hall–Kier alpha value is -2.17. The van der Waals surface area contributed by atoms with Crippen molar-refractivity contribution in [2.24, 2.45) is 0 Å². The first-order valence-corrected chi connectivity index (χ1v) is 4.16. The molecule has 0 amide bonds. The lowest BCUT2D eigenvalue weighted by atomic mass is 10.2. The van der Waals surface area contributed by atoms with Gasteiger partial charge in [0.15, 0.2) is 5.75 Å². The molecule has 0 saturated heterocycles. The number of carboxylic acids is 1. The van der Waals surface area contributed by atoms with E-state index in [2.05, 4.69) is 0 Å². The SMILES string of the molecule is COc1c(C(=O)O)oc2cc(O)ccc12. The number of methoxy groups -OCH3 is 1. The number of rotatable bonds is 2. The van der Waals surface area contributed by atoms with Crippen molar-refractivity contribution >= 4 is 16.9 Å². The van der Waals surface area contributed by atoms with Gasteiger partial charge in [-0.05, 0) is 12.1 Å². The summed E-state index contributed by atoms with van der Waals surface area (Å²) in [6.45, 7) is 0. The van der Waals surface area contributed by atoms with Crippen LogP contribution in [0, 0.1) is 0 Å². The zero-order chi connectivity index (χ0) is 11.0. The van der Waals surface area contributed by atoms with E-state index < -0.39 is 5.97 Å². The van der Waals surface area contributed by atoms with Crippen LogP contribution in [0.5, 0.6) is 11.5 Å². The number of phenolic OH excluding ortho intramolecular Hbond substituents is 1. The van der Waals surface area contributed by atoms with Gasteiger partial charge in [0.2, 0.25) is 0 Å². The van der Waals surface area contributed by atoms with Gasteiger partial charge in [-0.2, -0.15) is 0 Å². The second-order valence-corrected chi connectivity index (χ2v) is 2.95. The van der Waals surface area contributed by atoms with Gasteiger partial charge in [0.1, 0.15) is 11.3 Å². The summed E-state index contributed by atoms with van der Waals surface area (Å²) in [5, 5.41) is 18.5. The first-order valence-electron chi connectivity index (χ1n) is 4.16. The number of fused-ring (bicyclic) bond motifs is 1. The Morgan fingerprint density at radius 2 is 2.20 bits per heavy atom. The lowest BCUT2D eigenvalue weighted by Gasteiger charge is -1.96. The molecule has 0 aliphatic rings. The molecule has 2 rings (SSSR count). The van der Waals surface area contributed by atoms with Gasteiger partial charge < -0.3 is 19.4 Å². The van der Waals surface area contributed by atoms with E-state index in [1.807, 2.05) is 0 Å². The number of ether oxygens (including phenoxy) is 1. The van der Waals surface area contributed by atoms with E-state index >= 15 is 0 Å². The number of hydrogen-bond donors (Lipinski definition) is 2. The van der Waals surface area contributed by atoms with E-state index in [1.165, 1.54) is 19.2 Å². The molecule has 0 atom stereocenters. The molecular weight excluding hydrogens is 200 g/mol. The highest BCUT2D eigenvalue weighted by Crippen LogP contribution is 2.34. The van der Waals surface area contributed by atoms with E-state index in [9.17, 15) is 9.90 Å². The first kappa shape index (κ1) is 9.39. The molecule has 0 unspecified atom stereocenters. The lowest BCUT2D eigenvalue weighted by molar-refractivity contribution is 0.0660. The van der Waals surface area contributed by atoms with Gasteiger partial charge >= 0.3 is 5.97 Å². The first-order chi connectivity index (χ1) is 7.13. The summed E-state index contributed by atoms with van der Waals surface area (Å²) in [6, 6.07) is 4.32. The highest BCUT2D eigenvalue weighted by Gasteiger charge is 2.20. The summed E-state index contributed by atoms with van der Waals surface area (Å²) in [5.41, 5.74) is 0.282. The van der Waals surface area contributed by atoms with Crippen LogP contribution in [-0.4, -0.2) is 23.3 Å². The number of carbonyl (C=O) groups is 1. The van der Waals surface area contributed by atoms with E-state index in [0.29, 0.717) is 5.39 Å². The second kappa shape index (κ2) is 3.20. The van der Waals surface area contributed by atoms with Crippen LogP contribution < -0.4 is 4.74 Å². The van der Waals surface area contributed by atoms with Crippen molar-refractivity contribution in [2.75, 3.05) is 7.11 Å². The third-order valence-electron chi connectivity index (χ3n) is 2.03. The standard InChI is InChI=1S/C10H8O5/c1-14-8-6-3-2-5(11)4-7(6)15-9(8)10(12)13/h2-4,11H,1H3,(H,12,13). The molecule has 0 aliphatic heterocycles. The second-order valence-electron chi connectivity index (χ2n) is 2.95. The van der Waals surface area contributed by atoms with Crippen molar-refractivity contribution in [3.05, 3.63) is 24.0 Å². The predicted molar refractivity (Wildman–Crippen MR) is 51.4 cm³/mol. The minimum atomic E-state index is -1.21. The van der Waals surface area contributed by atoms with E-state index in [1.54, 1.807) is 6.07 Å². The topological polar surface area (TPSA) is 79.9 Å². The largest absolute Gasteiger partial charge is 0.508 e. The zero-order valence-corrected chi connectivity index (χ0v) is 7.85. The Morgan fingerprint density at radius 3 is 2.80 bits per heavy atom. The van der Waals surface area contributed by atoms with Crippen LogP contribution in [0.4, 0.5) is 0 Å². The fraction of sp³-hybridized carbons (Fsp3) is 0.100. The van der Waals surface area contributed by atoms with Crippen LogP contribution in [-0.2, 0) is 0 Å². The van der Waals surface area contributed by atoms with Crippen LogP contribution in [0.3, 0.4) is 0 Å². The predicted octanol–water partition coefficient (Wildman–Crippen LogP) is 1.85. The van der Waals surface area contributed by atoms with Crippen LogP contribution >= 0.6 is 0 Å². The molecule has 15 heavy (non-hydrogen) atoms. The van der Waals surface area contributed by atoms with Crippen LogP contribution in [0.2, 0.25) is 0 Å². The molecule has 0 fully saturated rings. The summed E-state index contributed by atoms with van der Waals surface area (Å²) in [6.07, 6.45) is 0. The third kappa shape index (κ3) is 1.38. The number of benzene rings is 1. The van der Waals surface area contributed by atoms with Crippen molar-refractivity contribution in [1.29, 1.82) is 0 Å². The highest BCUT2D eigenvalue weighted by atomic mass is 16.5. The number of phenols is 1. The highest BCUT2D eigenvalue weighted by molar-refractivity contribution is 5.98. The smallest absolute Gasteiger partial charge is 0.375 e. The Kier molecular flexibility index (Phi) is 2.00. The van der Waals surface area contributed by atoms with E-state index in [0.717, 1.165) is 0 Å². The zero-order valence-electron chi connectivity index (χ0n) is 7.85. The summed E-state index contributed by atoms with van der Waals surface area (Å²) in [4.78, 5) is 10.8. The summed E-state index contributed by atoms with van der Waals surface area (Å²) in [5.74, 6) is -1.30. The number of hydrogen-bond acceptors (Lipinski definition) is 4. The fourth-order valence-electron chi connectivity index (χ4n) is 1.41. The monoisotopic (exact) mass is 208 g/mol. The number of aromatic carboxylic acids is 1. The minimum absolute atomic E-state index is 0.0100. The summed E-state index contributed by atoms with van der Waals surface area (Å²) < 4.78 is 9.99. The molecule has 78 valence electrons. The average molecular weight is 208 g/mol. The Morgan fingerprint density at radius 1 is 1.47 bits per heavy atom. The van der Waals surface area contributed by atoms with Crippen LogP contribution in [0.1, 0.15) is 10.6 Å². The molecule has 0 saturated carbocycles. The minimum Gasteiger partial charge on any atom is -0.508 e. The Labute approximate surface area is 84.5 Å².